The van der Waals surface area contributed by atoms with E-state index in [1.807, 2.05) is 18.2 Å². The summed E-state index contributed by atoms with van der Waals surface area (Å²) < 4.78 is 0.897. The predicted octanol–water partition coefficient (Wildman–Crippen LogP) is 3.87. The minimum Gasteiger partial charge on any atom is -0.508 e. The van der Waals surface area contributed by atoms with E-state index in [-0.39, 0.29) is 29.7 Å². The number of H-pyrrole nitrogens is 5. The quantitative estimate of drug-likeness (QED) is 0.141. The van der Waals surface area contributed by atoms with Gasteiger partial charge < -0.3 is 25.2 Å². The average molecular weight is 575 g/mol. The highest BCUT2D eigenvalue weighted by molar-refractivity contribution is 9.10. The van der Waals surface area contributed by atoms with E-state index in [1.165, 1.54) is 18.3 Å². The number of carboxylic acid groups (broad SMARTS) is 1. The molecule has 6 rings (SSSR count). The first kappa shape index (κ1) is 23.6. The van der Waals surface area contributed by atoms with Gasteiger partial charge in [-0.1, -0.05) is 22.0 Å². The number of aliphatic carboxylic acids is 1. The molecule has 12 heteroatoms. The Kier molecular flexibility index (Phi) is 5.53. The van der Waals surface area contributed by atoms with Gasteiger partial charge in [0.25, 0.3) is 0 Å². The normalized spacial score (nSPS) is 12.3. The number of fused-ring (bicyclic) bond motifs is 2. The number of nitrogens with two attached hydrogens (primary N) is 1. The minimum absolute atomic E-state index is 0.0176. The number of phenolic OH excluding ortho intramolecular Hbond substituents is 1. The van der Waals surface area contributed by atoms with Crippen LogP contribution in [0.1, 0.15) is 33.5 Å². The van der Waals surface area contributed by atoms with E-state index in [2.05, 4.69) is 45.8 Å². The number of aromatic nitrogens is 6. The Hall–Kier alpha value is -4.84. The molecule has 0 bridgehead atoms. The molecule has 0 saturated carbocycles. The number of rotatable bonds is 7. The standard InChI is InChI=1S/C26H20BrN7O4/c27-11-1-3-13-16(8-29-18(13)5-11)22-20(7-15(25(37)38)21-10-31-26(28)33-21)32-24(34-22)23(36)17-9-30-19-6-12(35)2-4-14(17)19/h1-6,8-10,15,29-30,35H,7H2,(H,32,34)(H,37,38)(H3,28,31,33)/p+1. The van der Waals surface area contributed by atoms with Crippen LogP contribution in [0.3, 0.4) is 0 Å². The lowest BCUT2D eigenvalue weighted by Gasteiger charge is -2.09. The molecule has 0 aliphatic rings. The van der Waals surface area contributed by atoms with Gasteiger partial charge >= 0.3 is 11.9 Å². The molecule has 4 aromatic heterocycles. The number of nitrogens with one attached hydrogen (secondary N) is 5. The summed E-state index contributed by atoms with van der Waals surface area (Å²) in [5.41, 5.74) is 9.65. The van der Waals surface area contributed by atoms with Crippen molar-refractivity contribution in [3.05, 3.63) is 82.2 Å². The van der Waals surface area contributed by atoms with Crippen LogP contribution in [-0.2, 0) is 11.2 Å². The van der Waals surface area contributed by atoms with Gasteiger partial charge in [0, 0.05) is 62.4 Å². The molecular weight excluding hydrogens is 554 g/mol. The fraction of sp³-hybridized carbons (Fsp3) is 0.0769. The first-order valence-electron chi connectivity index (χ1n) is 11.6. The summed E-state index contributed by atoms with van der Waals surface area (Å²) in [4.78, 5) is 45.5. The Balaban J connectivity index is 1.48. The summed E-state index contributed by atoms with van der Waals surface area (Å²) >= 11 is 3.47. The Bertz CT molecular complexity index is 1860. The van der Waals surface area contributed by atoms with Gasteiger partial charge in [-0.2, -0.15) is 0 Å². The van der Waals surface area contributed by atoms with Crippen LogP contribution in [0.25, 0.3) is 33.1 Å². The van der Waals surface area contributed by atoms with Crippen LogP contribution >= 0.6 is 15.9 Å². The molecule has 4 heterocycles. The topological polar surface area (TPSA) is 191 Å². The van der Waals surface area contributed by atoms with E-state index < -0.39 is 11.9 Å². The minimum atomic E-state index is -1.06. The summed E-state index contributed by atoms with van der Waals surface area (Å²) in [7, 11) is 0. The Morgan fingerprint density at radius 3 is 2.58 bits per heavy atom. The smallest absolute Gasteiger partial charge is 0.350 e. The largest absolute Gasteiger partial charge is 0.508 e. The van der Waals surface area contributed by atoms with Crippen molar-refractivity contribution in [1.29, 1.82) is 0 Å². The van der Waals surface area contributed by atoms with E-state index in [0.717, 1.165) is 20.9 Å². The lowest BCUT2D eigenvalue weighted by atomic mass is 9.97. The second-order valence-electron chi connectivity index (χ2n) is 8.94. The highest BCUT2D eigenvalue weighted by Gasteiger charge is 2.30. The van der Waals surface area contributed by atoms with Gasteiger partial charge in [0.05, 0.1) is 17.5 Å². The lowest BCUT2D eigenvalue weighted by molar-refractivity contribution is -0.358. The Labute approximate surface area is 222 Å². The molecule has 0 aliphatic heterocycles. The third-order valence-electron chi connectivity index (χ3n) is 6.55. The number of nitrogens with zero attached hydrogens (tertiary/aromatic N) is 1. The van der Waals surface area contributed by atoms with Crippen molar-refractivity contribution in [2.24, 2.45) is 0 Å². The van der Waals surface area contributed by atoms with Gasteiger partial charge in [0.15, 0.2) is 5.82 Å². The van der Waals surface area contributed by atoms with Crippen molar-refractivity contribution >= 4 is 55.4 Å². The lowest BCUT2D eigenvalue weighted by Crippen LogP contribution is -2.16. The maximum absolute atomic E-state index is 13.6. The molecule has 190 valence electrons. The van der Waals surface area contributed by atoms with E-state index in [1.54, 1.807) is 18.5 Å². The van der Waals surface area contributed by atoms with Gasteiger partial charge in [-0.05, 0) is 24.3 Å². The molecule has 11 nitrogen and oxygen atoms in total. The summed E-state index contributed by atoms with van der Waals surface area (Å²) in [6.07, 6.45) is 4.88. The number of halogens is 1. The second kappa shape index (κ2) is 8.92. The van der Waals surface area contributed by atoms with Crippen LogP contribution in [0, 0.1) is 0 Å². The Morgan fingerprint density at radius 1 is 1.05 bits per heavy atom. The number of benzene rings is 2. The van der Waals surface area contributed by atoms with E-state index in [4.69, 9.17) is 5.73 Å². The molecule has 0 fully saturated rings. The van der Waals surface area contributed by atoms with Gasteiger partial charge in [-0.25, -0.2) is 15.0 Å². The molecule has 1 unspecified atom stereocenters. The van der Waals surface area contributed by atoms with Crippen LogP contribution in [0.4, 0.5) is 5.95 Å². The number of carboxylic acids is 1. The number of aromatic hydroxyl groups is 1. The third kappa shape index (κ3) is 4.00. The van der Waals surface area contributed by atoms with Crippen LogP contribution < -0.4 is 10.7 Å². The molecular formula is C26H21BrN7O4+. The first-order valence-corrected chi connectivity index (χ1v) is 12.4. The van der Waals surface area contributed by atoms with Crippen LogP contribution in [-0.4, -0.2) is 46.9 Å². The van der Waals surface area contributed by atoms with Gasteiger partial charge in [-0.3, -0.25) is 15.3 Å². The predicted molar refractivity (Wildman–Crippen MR) is 143 cm³/mol. The summed E-state index contributed by atoms with van der Waals surface area (Å²) in [6, 6.07) is 10.4. The number of carbonyl (C=O) groups is 2. The molecule has 1 atom stereocenters. The molecule has 0 radical (unpaired) electrons. The van der Waals surface area contributed by atoms with Crippen molar-refractivity contribution in [2.45, 2.75) is 12.3 Å². The molecule has 2 aromatic carbocycles. The van der Waals surface area contributed by atoms with E-state index >= 15 is 0 Å². The van der Waals surface area contributed by atoms with Crippen molar-refractivity contribution in [1.82, 2.24) is 24.9 Å². The summed E-state index contributed by atoms with van der Waals surface area (Å²) in [6.45, 7) is 0. The summed E-state index contributed by atoms with van der Waals surface area (Å²) in [5.74, 6) is -2.04. The van der Waals surface area contributed by atoms with Gasteiger partial charge in [0.2, 0.25) is 5.78 Å². The number of aromatic amines is 5. The first-order chi connectivity index (χ1) is 18.3. The highest BCUT2D eigenvalue weighted by Crippen LogP contribution is 2.34. The molecule has 0 amide bonds. The number of carbonyl (C=O) groups excluding carboxylic acids is 1. The van der Waals surface area contributed by atoms with Crippen molar-refractivity contribution in [3.63, 3.8) is 0 Å². The van der Waals surface area contributed by atoms with Crippen molar-refractivity contribution in [3.8, 4) is 17.0 Å². The van der Waals surface area contributed by atoms with Crippen molar-refractivity contribution < 1.29 is 24.8 Å². The van der Waals surface area contributed by atoms with Crippen LogP contribution in [0.15, 0.2) is 59.5 Å². The zero-order valence-electron chi connectivity index (χ0n) is 19.6. The Morgan fingerprint density at radius 2 is 1.82 bits per heavy atom. The van der Waals surface area contributed by atoms with E-state index in [9.17, 15) is 19.8 Å². The van der Waals surface area contributed by atoms with Crippen LogP contribution in [0.5, 0.6) is 5.75 Å². The maximum atomic E-state index is 13.6. The maximum Gasteiger partial charge on any atom is 0.350 e. The number of imidazole rings is 2. The SMILES string of the molecule is Nc1[nH]c(C(Cc2[nH]c(C(=O)c3c[nH]c4cc(O)ccc34)nc2-c2c[nH]c3cc(Br)ccc23)C(=O)O)c[nH+]1. The number of nitrogen functional groups attached to an aromatic ring is 1. The average Bonchev–Trinajstić information content (AvgIpc) is 3.66. The fourth-order valence-corrected chi connectivity index (χ4v) is 5.08. The molecule has 38 heavy (non-hydrogen) atoms. The van der Waals surface area contributed by atoms with Gasteiger partial charge in [-0.15, -0.1) is 0 Å². The number of phenols is 1. The molecule has 0 saturated heterocycles. The number of anilines is 1. The van der Waals surface area contributed by atoms with Crippen molar-refractivity contribution in [2.75, 3.05) is 5.73 Å². The third-order valence-corrected chi connectivity index (χ3v) is 7.04. The zero-order chi connectivity index (χ0) is 26.6. The van der Waals surface area contributed by atoms with Crippen LogP contribution in [0.2, 0.25) is 0 Å². The number of hydrogen-bond donors (Lipinski definition) is 7. The molecule has 0 aliphatic carbocycles. The summed E-state index contributed by atoms with van der Waals surface area (Å²) in [5, 5.41) is 21.3. The zero-order valence-corrected chi connectivity index (χ0v) is 21.2. The molecule has 9 N–H and O–H groups in total. The second-order valence-corrected chi connectivity index (χ2v) is 9.86. The molecule has 0 spiro atoms. The van der Waals surface area contributed by atoms with Gasteiger partial charge in [0.1, 0.15) is 17.4 Å². The number of ketones is 1. The fourth-order valence-electron chi connectivity index (χ4n) is 4.72. The highest BCUT2D eigenvalue weighted by atomic mass is 79.9. The molecule has 6 aromatic rings. The van der Waals surface area contributed by atoms with E-state index in [0.29, 0.717) is 33.5 Å². The monoisotopic (exact) mass is 574 g/mol. The number of hydrogen-bond acceptors (Lipinski definition) is 5.